The Balaban J connectivity index is 2.56. The Kier molecular flexibility index (Phi) is 5.01. The molecular formula is C18H23NO3. The van der Waals surface area contributed by atoms with Gasteiger partial charge in [-0.25, -0.2) is 4.79 Å². The van der Waals surface area contributed by atoms with E-state index in [0.717, 1.165) is 35.0 Å². The number of aromatic nitrogens is 1. The number of hydrogen-bond donors (Lipinski definition) is 1. The van der Waals surface area contributed by atoms with Gasteiger partial charge >= 0.3 is 5.97 Å². The molecule has 4 nitrogen and oxygen atoms in total. The van der Waals surface area contributed by atoms with Gasteiger partial charge in [0, 0.05) is 28.1 Å². The van der Waals surface area contributed by atoms with Crippen LogP contribution in [0, 0.1) is 5.92 Å². The molecule has 0 aliphatic rings. The molecule has 2 rings (SSSR count). The van der Waals surface area contributed by atoms with Gasteiger partial charge in [0.05, 0.1) is 12.2 Å². The van der Waals surface area contributed by atoms with Crippen LogP contribution in [0.2, 0.25) is 0 Å². The van der Waals surface area contributed by atoms with Crippen LogP contribution in [-0.2, 0) is 11.2 Å². The monoisotopic (exact) mass is 301 g/mol. The van der Waals surface area contributed by atoms with E-state index in [0.29, 0.717) is 12.2 Å². The van der Waals surface area contributed by atoms with E-state index < -0.39 is 0 Å². The number of carbonyl (C=O) groups excluding carboxylic acids is 2. The van der Waals surface area contributed by atoms with Crippen LogP contribution in [-0.4, -0.2) is 23.3 Å². The zero-order valence-electron chi connectivity index (χ0n) is 13.7. The third kappa shape index (κ3) is 3.06. The van der Waals surface area contributed by atoms with Crippen LogP contribution in [0.1, 0.15) is 60.5 Å². The van der Waals surface area contributed by atoms with Crippen molar-refractivity contribution in [1.82, 2.24) is 4.98 Å². The van der Waals surface area contributed by atoms with E-state index in [1.807, 2.05) is 19.9 Å². The van der Waals surface area contributed by atoms with Crippen molar-refractivity contribution >= 4 is 22.7 Å². The number of aryl methyl sites for hydroxylation is 1. The van der Waals surface area contributed by atoms with E-state index in [1.54, 1.807) is 19.1 Å². The number of esters is 1. The van der Waals surface area contributed by atoms with Gasteiger partial charge in [-0.3, -0.25) is 4.79 Å². The average Bonchev–Trinajstić information content (AvgIpc) is 2.83. The lowest BCUT2D eigenvalue weighted by Crippen LogP contribution is -2.09. The van der Waals surface area contributed by atoms with Crippen LogP contribution in [0.5, 0.6) is 0 Å². The number of ketones is 1. The second kappa shape index (κ2) is 6.77. The first-order chi connectivity index (χ1) is 10.5. The molecule has 1 aromatic carbocycles. The van der Waals surface area contributed by atoms with Crippen molar-refractivity contribution in [1.29, 1.82) is 0 Å². The first-order valence-electron chi connectivity index (χ1n) is 7.85. The lowest BCUT2D eigenvalue weighted by Gasteiger charge is -2.06. The summed E-state index contributed by atoms with van der Waals surface area (Å²) in [5, 5.41) is 0.884. The molecule has 22 heavy (non-hydrogen) atoms. The topological polar surface area (TPSA) is 59.2 Å². The van der Waals surface area contributed by atoms with Crippen molar-refractivity contribution < 1.29 is 14.3 Å². The number of fused-ring (bicyclic) bond motifs is 1. The van der Waals surface area contributed by atoms with Crippen LogP contribution >= 0.6 is 0 Å². The first-order valence-corrected chi connectivity index (χ1v) is 7.85. The lowest BCUT2D eigenvalue weighted by atomic mass is 9.96. The maximum absolute atomic E-state index is 12.5. The lowest BCUT2D eigenvalue weighted by molar-refractivity contribution is 0.0526. The number of Topliss-reactive ketones (excluding diaryl/α,β-unsaturated/α-hetero) is 1. The minimum atomic E-state index is -0.340. The summed E-state index contributed by atoms with van der Waals surface area (Å²) in [5.74, 6) is -0.259. The Labute approximate surface area is 130 Å². The van der Waals surface area contributed by atoms with Crippen molar-refractivity contribution in [3.63, 3.8) is 0 Å². The van der Waals surface area contributed by atoms with Gasteiger partial charge < -0.3 is 9.72 Å². The summed E-state index contributed by atoms with van der Waals surface area (Å²) in [5.41, 5.74) is 3.04. The van der Waals surface area contributed by atoms with E-state index >= 15 is 0 Å². The van der Waals surface area contributed by atoms with Crippen molar-refractivity contribution in [3.8, 4) is 0 Å². The maximum Gasteiger partial charge on any atom is 0.338 e. The molecule has 1 N–H and O–H groups in total. The van der Waals surface area contributed by atoms with Gasteiger partial charge in [0.2, 0.25) is 0 Å². The van der Waals surface area contributed by atoms with Crippen LogP contribution < -0.4 is 0 Å². The second-order valence-electron chi connectivity index (χ2n) is 5.73. The van der Waals surface area contributed by atoms with E-state index in [1.165, 1.54) is 0 Å². The van der Waals surface area contributed by atoms with Crippen molar-refractivity contribution in [2.24, 2.45) is 5.92 Å². The largest absolute Gasteiger partial charge is 0.462 e. The Hall–Kier alpha value is -2.10. The minimum Gasteiger partial charge on any atom is -0.462 e. The molecule has 0 spiro atoms. The highest BCUT2D eigenvalue weighted by Gasteiger charge is 2.21. The zero-order chi connectivity index (χ0) is 16.3. The first kappa shape index (κ1) is 16.3. The van der Waals surface area contributed by atoms with E-state index in [9.17, 15) is 9.59 Å². The summed E-state index contributed by atoms with van der Waals surface area (Å²) in [7, 11) is 0. The number of H-pyrrole nitrogens is 1. The molecule has 0 aliphatic heterocycles. The molecule has 1 aromatic heterocycles. The normalized spacial score (nSPS) is 11.1. The molecule has 1 heterocycles. The molecule has 0 atom stereocenters. The van der Waals surface area contributed by atoms with Crippen LogP contribution in [0.4, 0.5) is 0 Å². The number of rotatable bonds is 6. The molecule has 0 amide bonds. The standard InChI is InChI=1S/C18H23NO3/c1-5-7-14-16(17(20)11(3)4)13-9-8-12(10-15(13)19-14)18(21)22-6-2/h8-11,19H,5-7H2,1-4H3. The fraction of sp³-hybridized carbons (Fsp3) is 0.444. The predicted octanol–water partition coefficient (Wildman–Crippen LogP) is 4.14. The van der Waals surface area contributed by atoms with Gasteiger partial charge in [-0.1, -0.05) is 33.3 Å². The molecule has 0 aliphatic carbocycles. The molecule has 0 unspecified atom stereocenters. The number of benzene rings is 1. The summed E-state index contributed by atoms with van der Waals surface area (Å²) >= 11 is 0. The number of nitrogens with one attached hydrogen (secondary N) is 1. The second-order valence-corrected chi connectivity index (χ2v) is 5.73. The van der Waals surface area contributed by atoms with E-state index in [4.69, 9.17) is 4.74 Å². The quantitative estimate of drug-likeness (QED) is 0.644. The highest BCUT2D eigenvalue weighted by Crippen LogP contribution is 2.27. The molecule has 0 saturated carbocycles. The molecule has 0 bridgehead atoms. The van der Waals surface area contributed by atoms with Gasteiger partial charge in [-0.15, -0.1) is 0 Å². The average molecular weight is 301 g/mol. The molecular weight excluding hydrogens is 278 g/mol. The Morgan fingerprint density at radius 2 is 1.95 bits per heavy atom. The third-order valence-electron chi connectivity index (χ3n) is 3.66. The third-order valence-corrected chi connectivity index (χ3v) is 3.66. The highest BCUT2D eigenvalue weighted by molar-refractivity contribution is 6.11. The summed E-state index contributed by atoms with van der Waals surface area (Å²) in [4.78, 5) is 27.7. The summed E-state index contributed by atoms with van der Waals surface area (Å²) in [6.07, 6.45) is 1.77. The van der Waals surface area contributed by atoms with E-state index in [-0.39, 0.29) is 17.7 Å². The SMILES string of the molecule is CCCc1[nH]c2cc(C(=O)OCC)ccc2c1C(=O)C(C)C. The molecule has 0 saturated heterocycles. The van der Waals surface area contributed by atoms with Gasteiger partial charge in [-0.2, -0.15) is 0 Å². The molecule has 0 radical (unpaired) electrons. The Bertz CT molecular complexity index is 698. The van der Waals surface area contributed by atoms with Crippen molar-refractivity contribution in [3.05, 3.63) is 35.0 Å². The number of ether oxygens (including phenoxy) is 1. The molecule has 0 fully saturated rings. The van der Waals surface area contributed by atoms with E-state index in [2.05, 4.69) is 11.9 Å². The van der Waals surface area contributed by atoms with Gasteiger partial charge in [-0.05, 0) is 25.5 Å². The summed E-state index contributed by atoms with van der Waals surface area (Å²) in [6.45, 7) is 8.02. The Morgan fingerprint density at radius 3 is 2.55 bits per heavy atom. The smallest absolute Gasteiger partial charge is 0.338 e. The number of carbonyl (C=O) groups is 2. The van der Waals surface area contributed by atoms with Crippen molar-refractivity contribution in [2.45, 2.75) is 40.5 Å². The summed E-state index contributed by atoms with van der Waals surface area (Å²) < 4.78 is 5.03. The molecule has 2 aromatic rings. The van der Waals surface area contributed by atoms with Gasteiger partial charge in [0.1, 0.15) is 0 Å². The highest BCUT2D eigenvalue weighted by atomic mass is 16.5. The van der Waals surface area contributed by atoms with Crippen LogP contribution in [0.3, 0.4) is 0 Å². The fourth-order valence-corrected chi connectivity index (χ4v) is 2.60. The molecule has 4 heteroatoms. The Morgan fingerprint density at radius 1 is 1.23 bits per heavy atom. The predicted molar refractivity (Wildman–Crippen MR) is 87.4 cm³/mol. The number of hydrogen-bond acceptors (Lipinski definition) is 3. The van der Waals surface area contributed by atoms with Gasteiger partial charge in [0.15, 0.2) is 5.78 Å². The summed E-state index contributed by atoms with van der Waals surface area (Å²) in [6, 6.07) is 5.33. The van der Waals surface area contributed by atoms with Crippen LogP contribution in [0.15, 0.2) is 18.2 Å². The van der Waals surface area contributed by atoms with Crippen LogP contribution in [0.25, 0.3) is 10.9 Å². The zero-order valence-corrected chi connectivity index (χ0v) is 13.7. The minimum absolute atomic E-state index is 0.0562. The van der Waals surface area contributed by atoms with Gasteiger partial charge in [0.25, 0.3) is 0 Å². The maximum atomic E-state index is 12.5. The van der Waals surface area contributed by atoms with Crippen molar-refractivity contribution in [2.75, 3.05) is 6.61 Å². The fourth-order valence-electron chi connectivity index (χ4n) is 2.60. The number of aromatic amines is 1. The molecule has 118 valence electrons.